The molecule has 6 heteroatoms. The van der Waals surface area contributed by atoms with Crippen molar-refractivity contribution in [3.63, 3.8) is 0 Å². The van der Waals surface area contributed by atoms with E-state index in [1.165, 1.54) is 45.3 Å². The Morgan fingerprint density at radius 1 is 1.25 bits per heavy atom. The Labute approximate surface area is 163 Å². The molecule has 136 valence electrons. The van der Waals surface area contributed by atoms with Crippen LogP contribution in [-0.4, -0.2) is 49.1 Å². The molecule has 0 saturated carbocycles. The first-order chi connectivity index (χ1) is 11.3. The van der Waals surface area contributed by atoms with Crippen LogP contribution in [0.1, 0.15) is 38.3 Å². The molecule has 5 nitrogen and oxygen atoms in total. The molecule has 2 heterocycles. The van der Waals surface area contributed by atoms with Crippen LogP contribution in [0.3, 0.4) is 0 Å². The summed E-state index contributed by atoms with van der Waals surface area (Å²) in [6.07, 6.45) is 6.97. The number of aliphatic imine (C=N–C) groups is 1. The Bertz CT molecular complexity index is 458. The summed E-state index contributed by atoms with van der Waals surface area (Å²) in [7, 11) is 1.81. The number of nitrogens with zero attached hydrogens (tertiary/aromatic N) is 3. The van der Waals surface area contributed by atoms with Crippen molar-refractivity contribution in [2.45, 2.75) is 39.2 Å². The molecule has 0 aliphatic carbocycles. The highest BCUT2D eigenvalue weighted by Gasteiger charge is 2.14. The summed E-state index contributed by atoms with van der Waals surface area (Å²) < 4.78 is 0. The Morgan fingerprint density at radius 3 is 2.71 bits per heavy atom. The summed E-state index contributed by atoms with van der Waals surface area (Å²) in [5.41, 5.74) is 1.02. The molecule has 0 unspecified atom stereocenters. The van der Waals surface area contributed by atoms with Crippen LogP contribution in [-0.2, 0) is 6.54 Å². The number of aromatic nitrogens is 1. The van der Waals surface area contributed by atoms with Gasteiger partial charge in [-0.15, -0.1) is 24.0 Å². The highest BCUT2D eigenvalue weighted by atomic mass is 127. The minimum Gasteiger partial charge on any atom is -0.356 e. The standard InChI is InChI=1S/C18H31N5.HI/c1-16-8-13-23(14-9-16)12-6-5-11-21-18(19-2)22-15-17-7-3-4-10-20-17;/h3-4,7,10,16H,5-6,8-9,11-15H2,1-2H3,(H2,19,21,22);1H. The summed E-state index contributed by atoms with van der Waals surface area (Å²) >= 11 is 0. The quantitative estimate of drug-likeness (QED) is 0.293. The number of hydrogen-bond acceptors (Lipinski definition) is 3. The highest BCUT2D eigenvalue weighted by molar-refractivity contribution is 14.0. The van der Waals surface area contributed by atoms with Gasteiger partial charge in [0.05, 0.1) is 12.2 Å². The van der Waals surface area contributed by atoms with Crippen LogP contribution >= 0.6 is 24.0 Å². The zero-order valence-corrected chi connectivity index (χ0v) is 17.3. The van der Waals surface area contributed by atoms with E-state index in [0.29, 0.717) is 6.54 Å². The number of piperidine rings is 1. The van der Waals surface area contributed by atoms with Crippen molar-refractivity contribution in [3.8, 4) is 0 Å². The Morgan fingerprint density at radius 2 is 2.04 bits per heavy atom. The van der Waals surface area contributed by atoms with Gasteiger partial charge in [0, 0.05) is 19.8 Å². The minimum absolute atomic E-state index is 0. The van der Waals surface area contributed by atoms with Crippen LogP contribution in [0, 0.1) is 5.92 Å². The monoisotopic (exact) mass is 445 g/mol. The summed E-state index contributed by atoms with van der Waals surface area (Å²) in [6, 6.07) is 5.95. The van der Waals surface area contributed by atoms with E-state index >= 15 is 0 Å². The van der Waals surface area contributed by atoms with Gasteiger partial charge in [-0.25, -0.2) is 0 Å². The van der Waals surface area contributed by atoms with Crippen LogP contribution in [0.4, 0.5) is 0 Å². The lowest BCUT2D eigenvalue weighted by Gasteiger charge is -2.30. The smallest absolute Gasteiger partial charge is 0.191 e. The topological polar surface area (TPSA) is 52.6 Å². The Hall–Kier alpha value is -0.890. The van der Waals surface area contributed by atoms with Crippen LogP contribution in [0.25, 0.3) is 0 Å². The zero-order chi connectivity index (χ0) is 16.3. The van der Waals surface area contributed by atoms with Crippen molar-refractivity contribution in [3.05, 3.63) is 30.1 Å². The predicted molar refractivity (Wildman–Crippen MR) is 112 cm³/mol. The second-order valence-corrected chi connectivity index (χ2v) is 6.40. The van der Waals surface area contributed by atoms with E-state index in [4.69, 9.17) is 0 Å². The van der Waals surface area contributed by atoms with Gasteiger partial charge in [0.15, 0.2) is 5.96 Å². The number of likely N-dealkylation sites (tertiary alicyclic amines) is 1. The Kier molecular flexibility index (Phi) is 11.0. The van der Waals surface area contributed by atoms with Gasteiger partial charge in [-0.2, -0.15) is 0 Å². The molecule has 0 atom stereocenters. The van der Waals surface area contributed by atoms with Crippen molar-refractivity contribution in [1.29, 1.82) is 0 Å². The number of nitrogens with one attached hydrogen (secondary N) is 2. The van der Waals surface area contributed by atoms with E-state index in [-0.39, 0.29) is 24.0 Å². The van der Waals surface area contributed by atoms with E-state index in [9.17, 15) is 0 Å². The van der Waals surface area contributed by atoms with Gasteiger partial charge in [-0.1, -0.05) is 13.0 Å². The van der Waals surface area contributed by atoms with Gasteiger partial charge < -0.3 is 15.5 Å². The first-order valence-electron chi connectivity index (χ1n) is 8.84. The molecule has 0 bridgehead atoms. The lowest BCUT2D eigenvalue weighted by atomic mass is 9.99. The van der Waals surface area contributed by atoms with Gasteiger partial charge in [-0.3, -0.25) is 9.98 Å². The number of pyridine rings is 1. The lowest BCUT2D eigenvalue weighted by molar-refractivity contribution is 0.189. The molecular formula is C18H32IN5. The lowest BCUT2D eigenvalue weighted by Crippen LogP contribution is -2.38. The first-order valence-corrected chi connectivity index (χ1v) is 8.84. The second kappa shape index (κ2) is 12.5. The van der Waals surface area contributed by atoms with Crippen molar-refractivity contribution in [2.24, 2.45) is 10.9 Å². The molecular weight excluding hydrogens is 413 g/mol. The molecule has 2 N–H and O–H groups in total. The maximum Gasteiger partial charge on any atom is 0.191 e. The summed E-state index contributed by atoms with van der Waals surface area (Å²) in [6.45, 7) is 7.82. The fourth-order valence-electron chi connectivity index (χ4n) is 2.85. The SMILES string of the molecule is CN=C(NCCCCN1CCC(C)CC1)NCc1ccccn1.I. The molecule has 1 aliphatic rings. The van der Waals surface area contributed by atoms with Gasteiger partial charge >= 0.3 is 0 Å². The molecule has 0 aromatic carbocycles. The van der Waals surface area contributed by atoms with Crippen LogP contribution in [0.15, 0.2) is 29.4 Å². The normalized spacial score (nSPS) is 16.5. The van der Waals surface area contributed by atoms with Crippen molar-refractivity contribution >= 4 is 29.9 Å². The molecule has 0 amide bonds. The third-order valence-electron chi connectivity index (χ3n) is 4.46. The average molecular weight is 445 g/mol. The number of halogens is 1. The predicted octanol–water partition coefficient (Wildman–Crippen LogP) is 2.88. The summed E-state index contributed by atoms with van der Waals surface area (Å²) in [5.74, 6) is 1.77. The van der Waals surface area contributed by atoms with E-state index in [0.717, 1.165) is 24.1 Å². The maximum absolute atomic E-state index is 4.30. The number of unbranched alkanes of at least 4 members (excludes halogenated alkanes) is 1. The maximum atomic E-state index is 4.30. The minimum atomic E-state index is 0. The van der Waals surface area contributed by atoms with E-state index < -0.39 is 0 Å². The zero-order valence-electron chi connectivity index (χ0n) is 15.0. The molecule has 1 saturated heterocycles. The average Bonchev–Trinajstić information content (AvgIpc) is 2.60. The first kappa shape index (κ1) is 21.2. The summed E-state index contributed by atoms with van der Waals surface area (Å²) in [5, 5.41) is 6.67. The van der Waals surface area contributed by atoms with Gasteiger partial charge in [-0.05, 0) is 63.4 Å². The van der Waals surface area contributed by atoms with Gasteiger partial charge in [0.25, 0.3) is 0 Å². The molecule has 1 aromatic heterocycles. The van der Waals surface area contributed by atoms with E-state index in [1.54, 1.807) is 0 Å². The largest absolute Gasteiger partial charge is 0.356 e. The third-order valence-corrected chi connectivity index (χ3v) is 4.46. The molecule has 0 radical (unpaired) electrons. The number of hydrogen-bond donors (Lipinski definition) is 2. The van der Waals surface area contributed by atoms with E-state index in [1.807, 2.05) is 31.4 Å². The fraction of sp³-hybridized carbons (Fsp3) is 0.667. The fourth-order valence-corrected chi connectivity index (χ4v) is 2.85. The van der Waals surface area contributed by atoms with Crippen LogP contribution in [0.5, 0.6) is 0 Å². The Balaban J connectivity index is 0.00000288. The van der Waals surface area contributed by atoms with Gasteiger partial charge in [0.1, 0.15) is 0 Å². The highest BCUT2D eigenvalue weighted by Crippen LogP contribution is 2.15. The number of guanidine groups is 1. The van der Waals surface area contributed by atoms with E-state index in [2.05, 4.69) is 32.4 Å². The molecule has 1 fully saturated rings. The van der Waals surface area contributed by atoms with Gasteiger partial charge in [0.2, 0.25) is 0 Å². The third kappa shape index (κ3) is 8.28. The molecule has 2 rings (SSSR count). The molecule has 24 heavy (non-hydrogen) atoms. The molecule has 1 aromatic rings. The molecule has 0 spiro atoms. The number of rotatable bonds is 7. The van der Waals surface area contributed by atoms with Crippen LogP contribution < -0.4 is 10.6 Å². The molecule has 1 aliphatic heterocycles. The van der Waals surface area contributed by atoms with Crippen molar-refractivity contribution < 1.29 is 0 Å². The summed E-state index contributed by atoms with van der Waals surface area (Å²) in [4.78, 5) is 11.2. The van der Waals surface area contributed by atoms with Crippen molar-refractivity contribution in [2.75, 3.05) is 33.2 Å². The van der Waals surface area contributed by atoms with Crippen molar-refractivity contribution in [1.82, 2.24) is 20.5 Å². The second-order valence-electron chi connectivity index (χ2n) is 6.40. The van der Waals surface area contributed by atoms with Crippen LogP contribution in [0.2, 0.25) is 0 Å².